The van der Waals surface area contributed by atoms with Gasteiger partial charge in [-0.2, -0.15) is 10.2 Å². The zero-order chi connectivity index (χ0) is 22.8. The highest BCUT2D eigenvalue weighted by atomic mass is 19.1. The van der Waals surface area contributed by atoms with Gasteiger partial charge in [0.2, 0.25) is 11.8 Å². The van der Waals surface area contributed by atoms with Crippen LogP contribution >= 0.6 is 0 Å². The Balaban J connectivity index is 1.56. The lowest BCUT2D eigenvalue weighted by atomic mass is 10.0. The molecule has 0 radical (unpaired) electrons. The standard InChI is InChI=1S/C21H19FN6O4/c1-27-18-6-14(16(22)5-12(18)7-25-27)13-3-2-4-17-15(13)8-26-28(17)11-20(30)23-9-19(29)24-10-21(31)32/h2-8H,9-11H2,1H3,(H,23,30)(H,24,29)(H,31,32). The number of carbonyl (C=O) groups excluding carboxylic acids is 2. The lowest BCUT2D eigenvalue weighted by Crippen LogP contribution is -2.40. The van der Waals surface area contributed by atoms with Crippen LogP contribution in [0.2, 0.25) is 0 Å². The number of carbonyl (C=O) groups is 3. The van der Waals surface area contributed by atoms with Gasteiger partial charge in [0, 0.05) is 23.4 Å². The highest BCUT2D eigenvalue weighted by Gasteiger charge is 2.16. The second-order valence-corrected chi connectivity index (χ2v) is 7.15. The van der Waals surface area contributed by atoms with Crippen molar-refractivity contribution in [3.63, 3.8) is 0 Å². The minimum absolute atomic E-state index is 0.164. The number of aromatic nitrogens is 4. The van der Waals surface area contributed by atoms with Crippen LogP contribution in [0, 0.1) is 5.82 Å². The van der Waals surface area contributed by atoms with Gasteiger partial charge in [0.05, 0.1) is 30.0 Å². The molecule has 3 N–H and O–H groups in total. The van der Waals surface area contributed by atoms with Crippen LogP contribution < -0.4 is 10.6 Å². The Kier molecular flexibility index (Phi) is 5.54. The van der Waals surface area contributed by atoms with Gasteiger partial charge in [0.1, 0.15) is 18.9 Å². The zero-order valence-corrected chi connectivity index (χ0v) is 17.0. The summed E-state index contributed by atoms with van der Waals surface area (Å²) in [5.41, 5.74) is 2.43. The van der Waals surface area contributed by atoms with E-state index < -0.39 is 30.1 Å². The van der Waals surface area contributed by atoms with Gasteiger partial charge in [-0.1, -0.05) is 12.1 Å². The number of rotatable bonds is 7. The van der Waals surface area contributed by atoms with Crippen molar-refractivity contribution in [3.8, 4) is 11.1 Å². The molecule has 10 nitrogen and oxygen atoms in total. The number of fused-ring (bicyclic) bond motifs is 2. The molecule has 0 unspecified atom stereocenters. The lowest BCUT2D eigenvalue weighted by Gasteiger charge is -2.08. The summed E-state index contributed by atoms with van der Waals surface area (Å²) in [6.07, 6.45) is 3.16. The van der Waals surface area contributed by atoms with Crippen molar-refractivity contribution in [1.29, 1.82) is 0 Å². The number of carboxylic acid groups (broad SMARTS) is 1. The van der Waals surface area contributed by atoms with Gasteiger partial charge in [-0.25, -0.2) is 4.39 Å². The Bertz CT molecular complexity index is 1360. The quantitative estimate of drug-likeness (QED) is 0.395. The van der Waals surface area contributed by atoms with Crippen molar-refractivity contribution < 1.29 is 23.9 Å². The number of aryl methyl sites for hydroxylation is 1. The predicted molar refractivity (Wildman–Crippen MR) is 113 cm³/mol. The monoisotopic (exact) mass is 438 g/mol. The summed E-state index contributed by atoms with van der Waals surface area (Å²) in [5.74, 6) is -2.67. The third-order valence-electron chi connectivity index (χ3n) is 4.99. The van der Waals surface area contributed by atoms with Gasteiger partial charge < -0.3 is 15.7 Å². The highest BCUT2D eigenvalue weighted by molar-refractivity contribution is 5.97. The first-order chi connectivity index (χ1) is 15.3. The largest absolute Gasteiger partial charge is 0.480 e. The van der Waals surface area contributed by atoms with Gasteiger partial charge in [-0.15, -0.1) is 0 Å². The lowest BCUT2D eigenvalue weighted by molar-refractivity contribution is -0.137. The second-order valence-electron chi connectivity index (χ2n) is 7.15. The maximum Gasteiger partial charge on any atom is 0.322 e. The summed E-state index contributed by atoms with van der Waals surface area (Å²) < 4.78 is 18.0. The van der Waals surface area contributed by atoms with Gasteiger partial charge in [0.25, 0.3) is 0 Å². The van der Waals surface area contributed by atoms with Crippen molar-refractivity contribution in [2.45, 2.75) is 6.54 Å². The number of aliphatic carboxylic acids is 1. The van der Waals surface area contributed by atoms with E-state index >= 15 is 0 Å². The molecule has 32 heavy (non-hydrogen) atoms. The zero-order valence-electron chi connectivity index (χ0n) is 17.0. The minimum atomic E-state index is -1.18. The van der Waals surface area contributed by atoms with Crippen molar-refractivity contribution in [3.05, 3.63) is 48.5 Å². The number of carboxylic acids is 1. The molecule has 2 amide bonds. The van der Waals surface area contributed by atoms with Gasteiger partial charge in [-0.3, -0.25) is 23.7 Å². The van der Waals surface area contributed by atoms with Crippen LogP contribution in [0.3, 0.4) is 0 Å². The number of nitrogens with zero attached hydrogens (tertiary/aromatic N) is 4. The van der Waals surface area contributed by atoms with Gasteiger partial charge in [0.15, 0.2) is 0 Å². The molecular formula is C21H19FN6O4. The van der Waals surface area contributed by atoms with Crippen molar-refractivity contribution in [1.82, 2.24) is 30.2 Å². The number of halogens is 1. The minimum Gasteiger partial charge on any atom is -0.480 e. The predicted octanol–water partition coefficient (Wildman–Crippen LogP) is 1.05. The summed E-state index contributed by atoms with van der Waals surface area (Å²) in [4.78, 5) is 34.2. The fourth-order valence-electron chi connectivity index (χ4n) is 3.45. The fourth-order valence-corrected chi connectivity index (χ4v) is 3.45. The smallest absolute Gasteiger partial charge is 0.322 e. The van der Waals surface area contributed by atoms with Crippen LogP contribution in [-0.2, 0) is 28.0 Å². The molecule has 2 heterocycles. The van der Waals surface area contributed by atoms with E-state index in [2.05, 4.69) is 20.8 Å². The molecule has 0 aliphatic carbocycles. The Hall–Kier alpha value is -4.28. The Labute approximate surface area is 180 Å². The fraction of sp³-hybridized carbons (Fsp3) is 0.190. The first kappa shape index (κ1) is 21.0. The van der Waals surface area contributed by atoms with E-state index in [4.69, 9.17) is 5.11 Å². The average Bonchev–Trinajstić information content (AvgIpc) is 3.33. The van der Waals surface area contributed by atoms with E-state index in [9.17, 15) is 18.8 Å². The van der Waals surface area contributed by atoms with E-state index in [1.807, 2.05) is 0 Å². The van der Waals surface area contributed by atoms with Crippen molar-refractivity contribution in [2.75, 3.05) is 13.1 Å². The molecule has 0 spiro atoms. The normalized spacial score (nSPS) is 11.1. The van der Waals surface area contributed by atoms with E-state index in [-0.39, 0.29) is 13.1 Å². The maximum atomic E-state index is 14.8. The molecule has 164 valence electrons. The van der Waals surface area contributed by atoms with Gasteiger partial charge in [-0.05, 0) is 23.8 Å². The molecular weight excluding hydrogens is 419 g/mol. The van der Waals surface area contributed by atoms with E-state index in [0.29, 0.717) is 27.4 Å². The van der Waals surface area contributed by atoms with Crippen LogP contribution in [0.15, 0.2) is 42.7 Å². The van der Waals surface area contributed by atoms with Crippen LogP contribution in [0.4, 0.5) is 4.39 Å². The van der Waals surface area contributed by atoms with Crippen LogP contribution in [0.25, 0.3) is 32.9 Å². The SMILES string of the molecule is Cn1ncc2cc(F)c(-c3cccc4c3cnn4CC(=O)NCC(=O)NCC(=O)O)cc21. The Morgan fingerprint density at radius 2 is 1.78 bits per heavy atom. The number of hydrogen-bond donors (Lipinski definition) is 3. The van der Waals surface area contributed by atoms with Crippen LogP contribution in [-0.4, -0.2) is 55.5 Å². The van der Waals surface area contributed by atoms with Crippen LogP contribution in [0.5, 0.6) is 0 Å². The first-order valence-corrected chi connectivity index (χ1v) is 9.65. The molecule has 0 aliphatic rings. The molecule has 2 aromatic carbocycles. The molecule has 0 aliphatic heterocycles. The topological polar surface area (TPSA) is 131 Å². The first-order valence-electron chi connectivity index (χ1n) is 9.65. The number of hydrogen-bond acceptors (Lipinski definition) is 5. The molecule has 4 rings (SSSR count). The Morgan fingerprint density at radius 1 is 1.00 bits per heavy atom. The van der Waals surface area contributed by atoms with E-state index in [1.165, 1.54) is 10.7 Å². The summed E-state index contributed by atoms with van der Waals surface area (Å²) in [7, 11) is 1.78. The maximum absolute atomic E-state index is 14.8. The molecule has 4 aromatic rings. The molecule has 11 heteroatoms. The number of amides is 2. The molecule has 0 fully saturated rings. The summed E-state index contributed by atoms with van der Waals surface area (Å²) in [6, 6.07) is 8.46. The highest BCUT2D eigenvalue weighted by Crippen LogP contribution is 2.32. The summed E-state index contributed by atoms with van der Waals surface area (Å²) >= 11 is 0. The van der Waals surface area contributed by atoms with Crippen LogP contribution in [0.1, 0.15) is 0 Å². The molecule has 0 saturated heterocycles. The van der Waals surface area contributed by atoms with E-state index in [1.54, 1.807) is 48.4 Å². The second kappa shape index (κ2) is 8.46. The van der Waals surface area contributed by atoms with E-state index in [0.717, 1.165) is 5.52 Å². The molecule has 2 aromatic heterocycles. The summed E-state index contributed by atoms with van der Waals surface area (Å²) in [5, 5.41) is 22.9. The van der Waals surface area contributed by atoms with Crippen molar-refractivity contribution >= 4 is 39.6 Å². The van der Waals surface area contributed by atoms with Crippen molar-refractivity contribution in [2.24, 2.45) is 7.05 Å². The third kappa shape index (κ3) is 4.13. The van der Waals surface area contributed by atoms with Gasteiger partial charge >= 0.3 is 5.97 Å². The third-order valence-corrected chi connectivity index (χ3v) is 4.99. The molecule has 0 bridgehead atoms. The number of benzene rings is 2. The summed E-state index contributed by atoms with van der Waals surface area (Å²) in [6.45, 7) is -1.04. The molecule has 0 saturated carbocycles. The molecule has 0 atom stereocenters. The number of nitrogens with one attached hydrogen (secondary N) is 2. The Morgan fingerprint density at radius 3 is 2.56 bits per heavy atom. The average molecular weight is 438 g/mol.